The van der Waals surface area contributed by atoms with Crippen LogP contribution < -0.4 is 11.5 Å². The summed E-state index contributed by atoms with van der Waals surface area (Å²) in [7, 11) is 0. The number of nitrogens with two attached hydrogens (primary N) is 2. The Labute approximate surface area is 93.6 Å². The number of aromatic hydroxyl groups is 1. The van der Waals surface area contributed by atoms with Crippen molar-refractivity contribution in [3.8, 4) is 5.75 Å². The van der Waals surface area contributed by atoms with E-state index in [2.05, 4.69) is 0 Å². The number of phenolic OH excluding ortho intramolecular Hbond substituents is 1. The van der Waals surface area contributed by atoms with Crippen molar-refractivity contribution in [3.63, 3.8) is 0 Å². The van der Waals surface area contributed by atoms with Crippen LogP contribution in [0.1, 0.15) is 5.56 Å². The van der Waals surface area contributed by atoms with Gasteiger partial charge in [0.2, 0.25) is 5.91 Å². The molecule has 1 amide bonds. The number of hydrogen-bond donors (Lipinski definition) is 3. The minimum absolute atomic E-state index is 0.111. The van der Waals surface area contributed by atoms with Crippen molar-refractivity contribution in [2.75, 3.05) is 6.54 Å². The molecule has 5 nitrogen and oxygen atoms in total. The van der Waals surface area contributed by atoms with Crippen LogP contribution in [0, 0.1) is 0 Å². The van der Waals surface area contributed by atoms with Gasteiger partial charge in [0.1, 0.15) is 5.75 Å². The number of amides is 1. The standard InChI is InChI=1S/C11H15N3O2/c12-9(11(16)14-6-10(14)13)5-7-1-3-8(15)4-2-7/h1-4,9-10,15H,5-6,12-13H2/t9-,10?,14?/m0/s1. The zero-order valence-electron chi connectivity index (χ0n) is 8.84. The molecule has 0 saturated carbocycles. The number of rotatable bonds is 3. The average molecular weight is 221 g/mol. The molecule has 1 aromatic rings. The van der Waals surface area contributed by atoms with Gasteiger partial charge in [-0.15, -0.1) is 0 Å². The van der Waals surface area contributed by atoms with E-state index in [1.807, 2.05) is 0 Å². The third-order valence-electron chi connectivity index (χ3n) is 2.64. The van der Waals surface area contributed by atoms with Gasteiger partial charge in [-0.05, 0) is 24.1 Å². The molecule has 0 bridgehead atoms. The second kappa shape index (κ2) is 4.11. The molecular formula is C11H15N3O2. The Morgan fingerprint density at radius 3 is 2.56 bits per heavy atom. The molecule has 86 valence electrons. The third-order valence-corrected chi connectivity index (χ3v) is 2.64. The molecule has 5 heteroatoms. The number of nitrogens with zero attached hydrogens (tertiary/aromatic N) is 1. The van der Waals surface area contributed by atoms with Gasteiger partial charge >= 0.3 is 0 Å². The molecule has 0 aromatic heterocycles. The molecular weight excluding hydrogens is 206 g/mol. The molecule has 1 aliphatic heterocycles. The number of benzene rings is 1. The van der Waals surface area contributed by atoms with Crippen molar-refractivity contribution in [1.29, 1.82) is 0 Å². The Hall–Kier alpha value is -1.59. The zero-order chi connectivity index (χ0) is 11.7. The molecule has 1 unspecified atom stereocenters. The van der Waals surface area contributed by atoms with E-state index in [9.17, 15) is 4.79 Å². The Morgan fingerprint density at radius 1 is 1.50 bits per heavy atom. The lowest BCUT2D eigenvalue weighted by Crippen LogP contribution is -2.38. The predicted molar refractivity (Wildman–Crippen MR) is 59.5 cm³/mol. The van der Waals surface area contributed by atoms with Gasteiger partial charge < -0.3 is 21.5 Å². The summed E-state index contributed by atoms with van der Waals surface area (Å²) in [5.74, 6) is 0.0946. The molecule has 1 aliphatic rings. The normalized spacial score (nSPS) is 20.6. The van der Waals surface area contributed by atoms with Crippen LogP contribution >= 0.6 is 0 Å². The quantitative estimate of drug-likeness (QED) is 0.594. The van der Waals surface area contributed by atoms with Crippen molar-refractivity contribution in [2.45, 2.75) is 18.6 Å². The van der Waals surface area contributed by atoms with Crippen LogP contribution in [0.4, 0.5) is 0 Å². The molecule has 2 rings (SSSR count). The lowest BCUT2D eigenvalue weighted by molar-refractivity contribution is -0.127. The molecule has 0 spiro atoms. The van der Waals surface area contributed by atoms with Gasteiger partial charge in [-0.2, -0.15) is 0 Å². The summed E-state index contributed by atoms with van der Waals surface area (Å²) >= 11 is 0. The first-order valence-electron chi connectivity index (χ1n) is 5.17. The van der Waals surface area contributed by atoms with Crippen molar-refractivity contribution >= 4 is 5.91 Å². The maximum atomic E-state index is 11.7. The van der Waals surface area contributed by atoms with Crippen molar-refractivity contribution in [3.05, 3.63) is 29.8 Å². The third kappa shape index (κ3) is 2.32. The second-order valence-corrected chi connectivity index (χ2v) is 4.04. The minimum atomic E-state index is -0.557. The van der Waals surface area contributed by atoms with Crippen molar-refractivity contribution < 1.29 is 9.90 Å². The maximum Gasteiger partial charge on any atom is 0.241 e. The van der Waals surface area contributed by atoms with Crippen LogP contribution in [0.15, 0.2) is 24.3 Å². The number of phenols is 1. The van der Waals surface area contributed by atoms with Gasteiger partial charge in [0.25, 0.3) is 0 Å². The Bertz CT molecular complexity index is 391. The number of hydrogen-bond acceptors (Lipinski definition) is 4. The van der Waals surface area contributed by atoms with E-state index in [4.69, 9.17) is 16.6 Å². The average Bonchev–Trinajstić information content (AvgIpc) is 2.98. The summed E-state index contributed by atoms with van der Waals surface area (Å²) in [6, 6.07) is 6.11. The highest BCUT2D eigenvalue weighted by atomic mass is 16.3. The highest BCUT2D eigenvalue weighted by molar-refractivity contribution is 5.84. The molecule has 0 aliphatic carbocycles. The van der Waals surface area contributed by atoms with Gasteiger partial charge in [-0.3, -0.25) is 4.79 Å². The Kier molecular flexibility index (Phi) is 2.80. The van der Waals surface area contributed by atoms with E-state index in [0.717, 1.165) is 5.56 Å². The first kappa shape index (κ1) is 10.9. The molecule has 1 fully saturated rings. The van der Waals surface area contributed by atoms with Crippen molar-refractivity contribution in [2.24, 2.45) is 11.5 Å². The van der Waals surface area contributed by atoms with Gasteiger partial charge in [-0.1, -0.05) is 12.1 Å². The molecule has 1 aromatic carbocycles. The lowest BCUT2D eigenvalue weighted by atomic mass is 10.1. The fourth-order valence-corrected chi connectivity index (χ4v) is 1.59. The summed E-state index contributed by atoms with van der Waals surface area (Å²) in [6.07, 6.45) is 0.306. The molecule has 0 radical (unpaired) electrons. The molecule has 1 heterocycles. The Balaban J connectivity index is 1.94. The van der Waals surface area contributed by atoms with Crippen molar-refractivity contribution in [1.82, 2.24) is 4.90 Å². The first-order valence-corrected chi connectivity index (χ1v) is 5.17. The van der Waals surface area contributed by atoms with E-state index in [-0.39, 0.29) is 17.8 Å². The highest BCUT2D eigenvalue weighted by Gasteiger charge is 2.37. The number of carbonyl (C=O) groups excluding carboxylic acids is 1. The monoisotopic (exact) mass is 221 g/mol. The van der Waals surface area contributed by atoms with E-state index in [1.54, 1.807) is 29.2 Å². The van der Waals surface area contributed by atoms with Crippen LogP contribution in [0.25, 0.3) is 0 Å². The predicted octanol–water partition coefficient (Wildman–Crippen LogP) is -0.611. The topological polar surface area (TPSA) is 92.4 Å². The van der Waals surface area contributed by atoms with Crippen LogP contribution in [-0.2, 0) is 11.2 Å². The first-order chi connectivity index (χ1) is 7.58. The minimum Gasteiger partial charge on any atom is -0.508 e. The van der Waals surface area contributed by atoms with Crippen LogP contribution in [0.3, 0.4) is 0 Å². The smallest absolute Gasteiger partial charge is 0.241 e. The van der Waals surface area contributed by atoms with Crippen LogP contribution in [0.5, 0.6) is 5.75 Å². The van der Waals surface area contributed by atoms with Gasteiger partial charge in [0.05, 0.1) is 18.8 Å². The second-order valence-electron chi connectivity index (χ2n) is 4.04. The zero-order valence-corrected chi connectivity index (χ0v) is 8.84. The summed E-state index contributed by atoms with van der Waals surface area (Å²) < 4.78 is 0. The largest absolute Gasteiger partial charge is 0.508 e. The fraction of sp³-hybridized carbons (Fsp3) is 0.364. The van der Waals surface area contributed by atoms with E-state index in [0.29, 0.717) is 13.0 Å². The lowest BCUT2D eigenvalue weighted by Gasteiger charge is -2.11. The molecule has 5 N–H and O–H groups in total. The van der Waals surface area contributed by atoms with E-state index in [1.165, 1.54) is 0 Å². The highest BCUT2D eigenvalue weighted by Crippen LogP contribution is 2.15. The summed E-state index contributed by atoms with van der Waals surface area (Å²) in [4.78, 5) is 13.2. The van der Waals surface area contributed by atoms with Gasteiger partial charge in [-0.25, -0.2) is 0 Å². The summed E-state index contributed by atoms with van der Waals surface area (Å²) in [6.45, 7) is 0.599. The van der Waals surface area contributed by atoms with Gasteiger partial charge in [0, 0.05) is 0 Å². The Morgan fingerprint density at radius 2 is 2.06 bits per heavy atom. The maximum absolute atomic E-state index is 11.7. The fourth-order valence-electron chi connectivity index (χ4n) is 1.59. The van der Waals surface area contributed by atoms with Crippen LogP contribution in [0.2, 0.25) is 0 Å². The number of carbonyl (C=O) groups is 1. The summed E-state index contributed by atoms with van der Waals surface area (Å²) in [5.41, 5.74) is 12.2. The SMILES string of the molecule is NC1CN1C(=O)[C@@H](N)Cc1ccc(O)cc1. The van der Waals surface area contributed by atoms with E-state index >= 15 is 0 Å². The summed E-state index contributed by atoms with van der Waals surface area (Å²) in [5, 5.41) is 9.11. The van der Waals surface area contributed by atoms with Gasteiger partial charge in [0.15, 0.2) is 0 Å². The molecule has 16 heavy (non-hydrogen) atoms. The van der Waals surface area contributed by atoms with Crippen LogP contribution in [-0.4, -0.2) is 34.7 Å². The molecule has 1 saturated heterocycles. The van der Waals surface area contributed by atoms with E-state index < -0.39 is 6.04 Å². The molecule has 2 atom stereocenters.